The average Bonchev–Trinajstić information content (AvgIpc) is 3.47. The van der Waals surface area contributed by atoms with E-state index < -0.39 is 42.7 Å². The number of rotatable bonds is 5. The Morgan fingerprint density at radius 3 is 2.53 bits per heavy atom. The molecule has 5 amide bonds. The third-order valence-corrected chi connectivity index (χ3v) is 6.74. The first-order valence-electron chi connectivity index (χ1n) is 12.0. The van der Waals surface area contributed by atoms with Crippen LogP contribution in [0.2, 0.25) is 0 Å². The first-order chi connectivity index (χ1) is 18.4. The zero-order valence-electron chi connectivity index (χ0n) is 19.9. The summed E-state index contributed by atoms with van der Waals surface area (Å²) in [5.41, 5.74) is 1.91. The molecular weight excluding hydrogens is 489 g/mol. The first-order valence-corrected chi connectivity index (χ1v) is 12.0. The molecule has 1 fully saturated rings. The lowest BCUT2D eigenvalue weighted by molar-refractivity contribution is -0.136. The summed E-state index contributed by atoms with van der Waals surface area (Å²) in [6, 6.07) is 18.0. The highest BCUT2D eigenvalue weighted by Gasteiger charge is 2.45. The van der Waals surface area contributed by atoms with Crippen molar-refractivity contribution < 1.29 is 33.3 Å². The van der Waals surface area contributed by atoms with Crippen molar-refractivity contribution in [2.75, 3.05) is 0 Å². The van der Waals surface area contributed by atoms with Crippen LogP contribution in [0.3, 0.4) is 0 Å². The van der Waals surface area contributed by atoms with Crippen molar-refractivity contribution >= 4 is 42.1 Å². The van der Waals surface area contributed by atoms with Crippen molar-refractivity contribution in [1.82, 2.24) is 15.5 Å². The van der Waals surface area contributed by atoms with Crippen molar-refractivity contribution in [1.29, 1.82) is 0 Å². The lowest BCUT2D eigenvalue weighted by atomic mass is 9.79. The summed E-state index contributed by atoms with van der Waals surface area (Å²) in [4.78, 5) is 63.9. The molecule has 11 heteroatoms. The van der Waals surface area contributed by atoms with Gasteiger partial charge in [0.15, 0.2) is 0 Å². The molecule has 0 radical (unpaired) electrons. The van der Waals surface area contributed by atoms with Crippen LogP contribution in [-0.4, -0.2) is 47.6 Å². The second-order valence-electron chi connectivity index (χ2n) is 9.11. The molecule has 1 unspecified atom stereocenters. The average molecular weight is 509 g/mol. The molecule has 0 saturated carbocycles. The highest BCUT2D eigenvalue weighted by molar-refractivity contribution is 6.63. The van der Waals surface area contributed by atoms with Gasteiger partial charge < -0.3 is 14.6 Å². The van der Waals surface area contributed by atoms with Crippen LogP contribution in [0.1, 0.15) is 49.5 Å². The van der Waals surface area contributed by atoms with Gasteiger partial charge in [-0.1, -0.05) is 42.5 Å². The number of carbonyl (C=O) groups excluding carboxylic acids is 5. The third kappa shape index (κ3) is 3.98. The Balaban J connectivity index is 1.17. The van der Waals surface area contributed by atoms with E-state index in [1.54, 1.807) is 30.3 Å². The van der Waals surface area contributed by atoms with Crippen LogP contribution in [0.4, 0.5) is 0 Å². The Morgan fingerprint density at radius 1 is 0.947 bits per heavy atom. The van der Waals surface area contributed by atoms with Gasteiger partial charge in [-0.2, -0.15) is 0 Å². The van der Waals surface area contributed by atoms with Gasteiger partial charge >= 0.3 is 7.12 Å². The fourth-order valence-corrected chi connectivity index (χ4v) is 4.85. The Bertz CT molecular complexity index is 1520. The summed E-state index contributed by atoms with van der Waals surface area (Å²) >= 11 is 0. The summed E-state index contributed by atoms with van der Waals surface area (Å²) in [7, 11) is -0.604. The van der Waals surface area contributed by atoms with Crippen molar-refractivity contribution in [3.63, 3.8) is 0 Å². The molecule has 1 saturated heterocycles. The zero-order chi connectivity index (χ0) is 26.4. The van der Waals surface area contributed by atoms with E-state index in [1.165, 1.54) is 6.07 Å². The number of fused-ring (bicyclic) bond motifs is 2. The van der Waals surface area contributed by atoms with Gasteiger partial charge in [-0.15, -0.1) is 0 Å². The van der Waals surface area contributed by atoms with Gasteiger partial charge in [0.05, 0.1) is 11.1 Å². The number of piperidine rings is 1. The predicted molar refractivity (Wildman–Crippen MR) is 134 cm³/mol. The minimum atomic E-state index is -1.06. The smallest absolute Gasteiger partial charge is 0.519 e. The second kappa shape index (κ2) is 9.18. The normalized spacial score (nSPS) is 17.9. The molecule has 3 aromatic carbocycles. The van der Waals surface area contributed by atoms with Crippen LogP contribution in [-0.2, 0) is 16.1 Å². The summed E-state index contributed by atoms with van der Waals surface area (Å²) < 4.78 is 11.7. The molecule has 10 nitrogen and oxygen atoms in total. The Morgan fingerprint density at radius 2 is 1.74 bits per heavy atom. The molecule has 0 spiro atoms. The molecule has 0 aromatic heterocycles. The van der Waals surface area contributed by atoms with Crippen molar-refractivity contribution in [2.24, 2.45) is 0 Å². The summed E-state index contributed by atoms with van der Waals surface area (Å²) in [6.07, 6.45) is 0.103. The largest absolute Gasteiger partial charge is 0.632 e. The number of hydrogen-bond acceptors (Lipinski definition) is 7. The highest BCUT2D eigenvalue weighted by atomic mass is 16.6. The molecule has 6 rings (SSSR count). The van der Waals surface area contributed by atoms with Crippen LogP contribution in [0.15, 0.2) is 66.7 Å². The number of carbonyl (C=O) groups is 5. The van der Waals surface area contributed by atoms with Gasteiger partial charge in [-0.05, 0) is 36.2 Å². The maximum absolute atomic E-state index is 13.2. The SMILES string of the molecule is O=C1CCC(N2C(=O)c3cccc(CNC(=O)c4ccc5c(c4)OB(c4ccccc4)O5)c3C2=O)C(=O)N1. The number of nitrogens with one attached hydrogen (secondary N) is 2. The molecule has 0 aliphatic carbocycles. The second-order valence-corrected chi connectivity index (χ2v) is 9.11. The maximum atomic E-state index is 13.2. The van der Waals surface area contributed by atoms with Crippen molar-refractivity contribution in [3.8, 4) is 11.5 Å². The van der Waals surface area contributed by atoms with Crippen LogP contribution >= 0.6 is 0 Å². The minimum absolute atomic E-state index is 0.0225. The number of amides is 5. The molecule has 0 bridgehead atoms. The maximum Gasteiger partial charge on any atom is 0.632 e. The lowest BCUT2D eigenvalue weighted by Gasteiger charge is -2.27. The van der Waals surface area contributed by atoms with Crippen LogP contribution in [0.5, 0.6) is 11.5 Å². The molecule has 2 N–H and O–H groups in total. The Labute approximate surface area is 217 Å². The third-order valence-electron chi connectivity index (χ3n) is 6.74. The Kier molecular flexibility index (Phi) is 5.67. The summed E-state index contributed by atoms with van der Waals surface area (Å²) in [5.74, 6) is -1.79. The Hall–Kier alpha value is -4.93. The molecule has 3 heterocycles. The number of nitrogens with zero attached hydrogens (tertiary/aromatic N) is 1. The van der Waals surface area contributed by atoms with E-state index >= 15 is 0 Å². The monoisotopic (exact) mass is 509 g/mol. The number of benzene rings is 3. The van der Waals surface area contributed by atoms with Gasteiger partial charge in [0.25, 0.3) is 17.7 Å². The predicted octanol–water partition coefficient (Wildman–Crippen LogP) is 1.18. The number of imide groups is 2. The molecule has 3 aliphatic rings. The van der Waals surface area contributed by atoms with Gasteiger partial charge in [0, 0.05) is 24.0 Å². The fourth-order valence-electron chi connectivity index (χ4n) is 4.85. The molecule has 1 atom stereocenters. The van der Waals surface area contributed by atoms with Crippen molar-refractivity contribution in [2.45, 2.75) is 25.4 Å². The first kappa shape index (κ1) is 23.5. The molecule has 3 aromatic rings. The van der Waals surface area contributed by atoms with Crippen LogP contribution in [0.25, 0.3) is 0 Å². The van der Waals surface area contributed by atoms with Gasteiger partial charge in [-0.3, -0.25) is 34.2 Å². The quantitative estimate of drug-likeness (QED) is 0.390. The van der Waals surface area contributed by atoms with E-state index in [0.29, 0.717) is 22.6 Å². The molecule has 38 heavy (non-hydrogen) atoms. The molecule has 3 aliphatic heterocycles. The van der Waals surface area contributed by atoms with E-state index in [-0.39, 0.29) is 30.5 Å². The molecular formula is C27H20BN3O7. The van der Waals surface area contributed by atoms with Gasteiger partial charge in [0.1, 0.15) is 17.5 Å². The van der Waals surface area contributed by atoms with E-state index in [1.807, 2.05) is 30.3 Å². The van der Waals surface area contributed by atoms with Crippen LogP contribution in [0, 0.1) is 0 Å². The number of hydrogen-bond donors (Lipinski definition) is 2. The van der Waals surface area contributed by atoms with E-state index in [0.717, 1.165) is 10.4 Å². The minimum Gasteiger partial charge on any atom is -0.519 e. The van der Waals surface area contributed by atoms with Crippen molar-refractivity contribution in [3.05, 3.63) is 89.0 Å². The zero-order valence-corrected chi connectivity index (χ0v) is 19.9. The topological polar surface area (TPSA) is 131 Å². The van der Waals surface area contributed by atoms with E-state index in [4.69, 9.17) is 9.31 Å². The standard InChI is InChI=1S/C27H20BN3O7/c32-22-12-10-19(25(34)30-22)31-26(35)18-8-4-5-16(23(18)27(31)36)14-29-24(33)15-9-11-20-21(13-15)38-28(37-20)17-6-2-1-3-7-17/h1-9,11,13,19H,10,12,14H2,(H,29,33)(H,30,32,34). The highest BCUT2D eigenvalue weighted by Crippen LogP contribution is 2.34. The van der Waals surface area contributed by atoms with E-state index in [2.05, 4.69) is 10.6 Å². The van der Waals surface area contributed by atoms with E-state index in [9.17, 15) is 24.0 Å². The fraction of sp³-hybridized carbons (Fsp3) is 0.148. The molecule has 188 valence electrons. The summed E-state index contributed by atoms with van der Waals surface area (Å²) in [6.45, 7) is -0.0225. The van der Waals surface area contributed by atoms with Crippen LogP contribution < -0.4 is 25.4 Å². The lowest BCUT2D eigenvalue weighted by Crippen LogP contribution is -2.54. The summed E-state index contributed by atoms with van der Waals surface area (Å²) in [5, 5.41) is 4.96. The van der Waals surface area contributed by atoms with Gasteiger partial charge in [0.2, 0.25) is 11.8 Å². The van der Waals surface area contributed by atoms with Gasteiger partial charge in [-0.25, -0.2) is 0 Å².